The van der Waals surface area contributed by atoms with E-state index in [1.165, 1.54) is 12.1 Å². The molecule has 0 aliphatic carbocycles. The van der Waals surface area contributed by atoms with Gasteiger partial charge in [0.05, 0.1) is 11.3 Å². The standard InChI is InChI=1S/C19H27NO5S/c1-19(2,3)25-17(21)14-16(18(22)20-12-8-5-9-13-20)26(23,24)15-10-6-4-7-11-15/h4,6-7,10-11,16H,5,8-9,12-14H2,1-3H3. The van der Waals surface area contributed by atoms with Crippen LogP contribution in [0.3, 0.4) is 0 Å². The Hall–Kier alpha value is -1.89. The van der Waals surface area contributed by atoms with Crippen molar-refractivity contribution in [1.82, 2.24) is 4.90 Å². The smallest absolute Gasteiger partial charge is 0.308 e. The van der Waals surface area contributed by atoms with Gasteiger partial charge in [0.15, 0.2) is 15.1 Å². The Morgan fingerprint density at radius 3 is 2.19 bits per heavy atom. The molecule has 1 saturated heterocycles. The van der Waals surface area contributed by atoms with Crippen molar-refractivity contribution in [1.29, 1.82) is 0 Å². The van der Waals surface area contributed by atoms with E-state index in [1.54, 1.807) is 43.9 Å². The quantitative estimate of drug-likeness (QED) is 0.732. The SMILES string of the molecule is CC(C)(C)OC(=O)CC(C(=O)N1CCCCC1)S(=O)(=O)c1ccccc1. The largest absolute Gasteiger partial charge is 0.460 e. The maximum atomic E-state index is 13.1. The molecule has 1 unspecified atom stereocenters. The van der Waals surface area contributed by atoms with Crippen molar-refractivity contribution >= 4 is 21.7 Å². The van der Waals surface area contributed by atoms with Crippen LogP contribution in [-0.2, 0) is 24.2 Å². The number of amides is 1. The van der Waals surface area contributed by atoms with E-state index < -0.39 is 39.0 Å². The summed E-state index contributed by atoms with van der Waals surface area (Å²) in [5.74, 6) is -1.20. The van der Waals surface area contributed by atoms with Gasteiger partial charge >= 0.3 is 5.97 Å². The van der Waals surface area contributed by atoms with Crippen LogP contribution in [0.1, 0.15) is 46.5 Å². The summed E-state index contributed by atoms with van der Waals surface area (Å²) in [6, 6.07) is 7.79. The molecular weight excluding hydrogens is 354 g/mol. The van der Waals surface area contributed by atoms with Gasteiger partial charge in [-0.1, -0.05) is 18.2 Å². The van der Waals surface area contributed by atoms with Crippen molar-refractivity contribution in [2.24, 2.45) is 0 Å². The lowest BCUT2D eigenvalue weighted by molar-refractivity contribution is -0.156. The average molecular weight is 381 g/mol. The Labute approximate surface area is 155 Å². The molecular formula is C19H27NO5S. The van der Waals surface area contributed by atoms with Gasteiger partial charge < -0.3 is 9.64 Å². The molecule has 0 aromatic heterocycles. The van der Waals surface area contributed by atoms with Gasteiger partial charge in [-0.3, -0.25) is 9.59 Å². The van der Waals surface area contributed by atoms with Crippen LogP contribution in [0.5, 0.6) is 0 Å². The zero-order valence-corrected chi connectivity index (χ0v) is 16.4. The van der Waals surface area contributed by atoms with E-state index in [0.29, 0.717) is 13.1 Å². The highest BCUT2D eigenvalue weighted by Crippen LogP contribution is 2.23. The van der Waals surface area contributed by atoms with Crippen molar-refractivity contribution in [2.75, 3.05) is 13.1 Å². The second-order valence-electron chi connectivity index (χ2n) is 7.52. The molecule has 1 heterocycles. The summed E-state index contributed by atoms with van der Waals surface area (Å²) in [6.07, 6.45) is 2.22. The normalized spacial score (nSPS) is 16.8. The third-order valence-electron chi connectivity index (χ3n) is 4.16. The molecule has 0 spiro atoms. The van der Waals surface area contributed by atoms with Crippen molar-refractivity contribution in [3.63, 3.8) is 0 Å². The minimum absolute atomic E-state index is 0.0407. The summed E-state index contributed by atoms with van der Waals surface area (Å²) in [5, 5.41) is -1.46. The number of hydrogen-bond donors (Lipinski definition) is 0. The van der Waals surface area contributed by atoms with Gasteiger partial charge in [0.25, 0.3) is 0 Å². The van der Waals surface area contributed by atoms with E-state index in [0.717, 1.165) is 19.3 Å². The van der Waals surface area contributed by atoms with Crippen molar-refractivity contribution in [2.45, 2.75) is 62.2 Å². The minimum Gasteiger partial charge on any atom is -0.460 e. The Morgan fingerprint density at radius 2 is 1.65 bits per heavy atom. The van der Waals surface area contributed by atoms with Crippen molar-refractivity contribution in [3.05, 3.63) is 30.3 Å². The van der Waals surface area contributed by atoms with Crippen LogP contribution in [0.25, 0.3) is 0 Å². The fourth-order valence-corrected chi connectivity index (χ4v) is 4.59. The van der Waals surface area contributed by atoms with E-state index in [9.17, 15) is 18.0 Å². The van der Waals surface area contributed by atoms with E-state index in [4.69, 9.17) is 4.74 Å². The summed E-state index contributed by atoms with van der Waals surface area (Å²) in [5.41, 5.74) is -0.744. The fraction of sp³-hybridized carbons (Fsp3) is 0.579. The molecule has 1 atom stereocenters. The second-order valence-corrected chi connectivity index (χ2v) is 9.65. The summed E-state index contributed by atoms with van der Waals surface area (Å²) in [7, 11) is -3.99. The molecule has 1 aromatic carbocycles. The molecule has 7 heteroatoms. The number of esters is 1. The molecule has 1 amide bonds. The predicted octanol–water partition coefficient (Wildman–Crippen LogP) is 2.57. The molecule has 2 rings (SSSR count). The highest BCUT2D eigenvalue weighted by molar-refractivity contribution is 7.92. The monoisotopic (exact) mass is 381 g/mol. The fourth-order valence-electron chi connectivity index (χ4n) is 2.96. The highest BCUT2D eigenvalue weighted by Gasteiger charge is 2.39. The van der Waals surface area contributed by atoms with Crippen molar-refractivity contribution in [3.8, 4) is 0 Å². The number of sulfone groups is 1. The number of likely N-dealkylation sites (tertiary alicyclic amines) is 1. The van der Waals surface area contributed by atoms with E-state index in [2.05, 4.69) is 0 Å². The first kappa shape index (κ1) is 20.4. The topological polar surface area (TPSA) is 80.8 Å². The Balaban J connectivity index is 2.31. The van der Waals surface area contributed by atoms with Gasteiger partial charge in [-0.2, -0.15) is 0 Å². The predicted molar refractivity (Wildman–Crippen MR) is 98.3 cm³/mol. The number of carbonyl (C=O) groups excluding carboxylic acids is 2. The number of hydrogen-bond acceptors (Lipinski definition) is 5. The summed E-state index contributed by atoms with van der Waals surface area (Å²) in [6.45, 7) is 6.16. The molecule has 1 aromatic rings. The van der Waals surface area contributed by atoms with Crippen LogP contribution in [0.2, 0.25) is 0 Å². The van der Waals surface area contributed by atoms with E-state index >= 15 is 0 Å². The molecule has 6 nitrogen and oxygen atoms in total. The summed E-state index contributed by atoms with van der Waals surface area (Å²) >= 11 is 0. The van der Waals surface area contributed by atoms with Gasteiger partial charge in [0, 0.05) is 13.1 Å². The third kappa shape index (κ3) is 5.30. The van der Waals surface area contributed by atoms with Gasteiger partial charge in [-0.25, -0.2) is 8.42 Å². The molecule has 0 saturated carbocycles. The average Bonchev–Trinajstić information content (AvgIpc) is 2.59. The first-order valence-electron chi connectivity index (χ1n) is 8.91. The van der Waals surface area contributed by atoms with E-state index in [-0.39, 0.29) is 4.90 Å². The summed E-state index contributed by atoms with van der Waals surface area (Å²) < 4.78 is 31.4. The zero-order valence-electron chi connectivity index (χ0n) is 15.6. The van der Waals surface area contributed by atoms with Crippen LogP contribution < -0.4 is 0 Å². The van der Waals surface area contributed by atoms with Gasteiger partial charge in [-0.05, 0) is 52.2 Å². The maximum absolute atomic E-state index is 13.1. The van der Waals surface area contributed by atoms with Crippen LogP contribution in [0.15, 0.2) is 35.2 Å². The van der Waals surface area contributed by atoms with E-state index in [1.807, 2.05) is 0 Å². The number of ether oxygens (including phenoxy) is 1. The number of piperidine rings is 1. The third-order valence-corrected chi connectivity index (χ3v) is 6.21. The lowest BCUT2D eigenvalue weighted by atomic mass is 10.1. The van der Waals surface area contributed by atoms with Crippen LogP contribution in [0.4, 0.5) is 0 Å². The molecule has 144 valence electrons. The molecule has 26 heavy (non-hydrogen) atoms. The Morgan fingerprint density at radius 1 is 1.08 bits per heavy atom. The number of carbonyl (C=O) groups is 2. The molecule has 0 bridgehead atoms. The lowest BCUT2D eigenvalue weighted by Gasteiger charge is -2.30. The minimum atomic E-state index is -3.99. The zero-order chi connectivity index (χ0) is 19.4. The van der Waals surface area contributed by atoms with Gasteiger partial charge in [0.2, 0.25) is 5.91 Å². The van der Waals surface area contributed by atoms with Gasteiger partial charge in [-0.15, -0.1) is 0 Å². The second kappa shape index (κ2) is 8.20. The van der Waals surface area contributed by atoms with Crippen LogP contribution in [0, 0.1) is 0 Å². The van der Waals surface area contributed by atoms with Crippen molar-refractivity contribution < 1.29 is 22.7 Å². The van der Waals surface area contributed by atoms with Gasteiger partial charge in [0.1, 0.15) is 5.60 Å². The molecule has 0 N–H and O–H groups in total. The van der Waals surface area contributed by atoms with Crippen LogP contribution >= 0.6 is 0 Å². The molecule has 1 fully saturated rings. The Bertz CT molecular complexity index is 731. The molecule has 1 aliphatic rings. The number of benzene rings is 1. The number of nitrogens with zero attached hydrogens (tertiary/aromatic N) is 1. The summed E-state index contributed by atoms with van der Waals surface area (Å²) in [4.78, 5) is 26.8. The number of rotatable bonds is 5. The maximum Gasteiger partial charge on any atom is 0.308 e. The first-order valence-corrected chi connectivity index (χ1v) is 10.5. The van der Waals surface area contributed by atoms with Crippen LogP contribution in [-0.4, -0.2) is 49.1 Å². The highest BCUT2D eigenvalue weighted by atomic mass is 32.2. The first-order chi connectivity index (χ1) is 12.1. The molecule has 1 aliphatic heterocycles. The Kier molecular flexibility index (Phi) is 6.44. The molecule has 0 radical (unpaired) electrons. The lowest BCUT2D eigenvalue weighted by Crippen LogP contribution is -2.46.